The Kier molecular flexibility index (Phi) is 5.21. The first kappa shape index (κ1) is 17.7. The minimum atomic E-state index is 0.0469. The summed E-state index contributed by atoms with van der Waals surface area (Å²) in [7, 11) is 0. The second kappa shape index (κ2) is 7.92. The van der Waals surface area contributed by atoms with Gasteiger partial charge in [-0.3, -0.25) is 4.79 Å². The van der Waals surface area contributed by atoms with E-state index in [2.05, 4.69) is 6.07 Å². The Bertz CT molecular complexity index is 929. The monoisotopic (exact) mass is 378 g/mol. The molecule has 2 aromatic carbocycles. The van der Waals surface area contributed by atoms with Gasteiger partial charge in [-0.25, -0.2) is 4.98 Å². The maximum absolute atomic E-state index is 12.8. The first-order valence-electron chi connectivity index (χ1n) is 9.31. The Morgan fingerprint density at radius 3 is 2.85 bits per heavy atom. The highest BCUT2D eigenvalue weighted by atomic mass is 32.1. The molecule has 4 rings (SSSR count). The van der Waals surface area contributed by atoms with E-state index in [4.69, 9.17) is 9.72 Å². The predicted octanol–water partition coefficient (Wildman–Crippen LogP) is 5.07. The van der Waals surface area contributed by atoms with E-state index in [-0.39, 0.29) is 11.9 Å². The van der Waals surface area contributed by atoms with Crippen LogP contribution in [0.1, 0.15) is 36.4 Å². The Labute approximate surface area is 163 Å². The molecular formula is C22H22N2O2S. The van der Waals surface area contributed by atoms with Gasteiger partial charge in [-0.05, 0) is 55.7 Å². The Balaban J connectivity index is 1.48. The lowest BCUT2D eigenvalue weighted by molar-refractivity contribution is -0.126. The molecule has 1 atom stereocenters. The molecule has 3 aromatic rings. The molecule has 5 heteroatoms. The number of amides is 1. The zero-order chi connectivity index (χ0) is 18.6. The number of ether oxygens (including phenoxy) is 1. The lowest BCUT2D eigenvalue weighted by Gasteiger charge is -2.21. The van der Waals surface area contributed by atoms with E-state index < -0.39 is 0 Å². The normalized spacial score (nSPS) is 17.1. The number of carbonyl (C=O) groups excluding carboxylic acids is 1. The third-order valence-electron chi connectivity index (χ3n) is 4.74. The largest absolute Gasteiger partial charge is 0.494 e. The fourth-order valence-corrected chi connectivity index (χ4v) is 4.54. The lowest BCUT2D eigenvalue weighted by atomic mass is 10.2. The molecule has 1 fully saturated rings. The van der Waals surface area contributed by atoms with Gasteiger partial charge in [0.25, 0.3) is 0 Å². The predicted molar refractivity (Wildman–Crippen MR) is 110 cm³/mol. The fourth-order valence-electron chi connectivity index (χ4n) is 3.42. The molecule has 27 heavy (non-hydrogen) atoms. The summed E-state index contributed by atoms with van der Waals surface area (Å²) in [6.45, 7) is 3.40. The van der Waals surface area contributed by atoms with E-state index in [1.807, 2.05) is 60.4 Å². The van der Waals surface area contributed by atoms with Crippen molar-refractivity contribution in [2.24, 2.45) is 0 Å². The van der Waals surface area contributed by atoms with Crippen LogP contribution >= 0.6 is 11.3 Å². The quantitative estimate of drug-likeness (QED) is 0.582. The Hall–Kier alpha value is -2.66. The Morgan fingerprint density at radius 2 is 2.07 bits per heavy atom. The van der Waals surface area contributed by atoms with Crippen molar-refractivity contribution in [2.45, 2.75) is 25.8 Å². The molecule has 1 saturated heterocycles. The van der Waals surface area contributed by atoms with Crippen molar-refractivity contribution in [2.75, 3.05) is 13.2 Å². The SMILES string of the molecule is CCOc1ccc(C=CC(=O)N2CCCC2c2nc3ccccc3s2)cc1. The number of hydrogen-bond donors (Lipinski definition) is 0. The van der Waals surface area contributed by atoms with Gasteiger partial charge >= 0.3 is 0 Å². The van der Waals surface area contributed by atoms with Crippen molar-refractivity contribution in [3.8, 4) is 5.75 Å². The highest BCUT2D eigenvalue weighted by molar-refractivity contribution is 7.18. The van der Waals surface area contributed by atoms with E-state index in [1.165, 1.54) is 4.70 Å². The number of para-hydroxylation sites is 1. The van der Waals surface area contributed by atoms with Gasteiger partial charge in [0, 0.05) is 12.6 Å². The van der Waals surface area contributed by atoms with Gasteiger partial charge in [-0.15, -0.1) is 11.3 Å². The molecule has 0 bridgehead atoms. The van der Waals surface area contributed by atoms with Crippen LogP contribution in [0.15, 0.2) is 54.6 Å². The molecule has 1 unspecified atom stereocenters. The maximum Gasteiger partial charge on any atom is 0.247 e. The number of likely N-dealkylation sites (tertiary alicyclic amines) is 1. The van der Waals surface area contributed by atoms with Crippen LogP contribution in [0, 0.1) is 0 Å². The van der Waals surface area contributed by atoms with Crippen LogP contribution in [0.3, 0.4) is 0 Å². The molecule has 138 valence electrons. The summed E-state index contributed by atoms with van der Waals surface area (Å²) >= 11 is 1.69. The summed E-state index contributed by atoms with van der Waals surface area (Å²) in [5.41, 5.74) is 2.00. The first-order valence-corrected chi connectivity index (χ1v) is 10.1. The molecule has 1 aliphatic heterocycles. The summed E-state index contributed by atoms with van der Waals surface area (Å²) in [5, 5.41) is 1.04. The number of nitrogens with zero attached hydrogens (tertiary/aromatic N) is 2. The molecule has 1 aromatic heterocycles. The summed E-state index contributed by atoms with van der Waals surface area (Å²) < 4.78 is 6.63. The van der Waals surface area contributed by atoms with E-state index in [0.29, 0.717) is 6.61 Å². The van der Waals surface area contributed by atoms with Gasteiger partial charge in [0.1, 0.15) is 10.8 Å². The summed E-state index contributed by atoms with van der Waals surface area (Å²) in [5.74, 6) is 0.891. The number of benzene rings is 2. The van der Waals surface area contributed by atoms with Crippen molar-refractivity contribution < 1.29 is 9.53 Å². The van der Waals surface area contributed by atoms with Gasteiger partial charge in [-0.2, -0.15) is 0 Å². The molecule has 0 radical (unpaired) electrons. The van der Waals surface area contributed by atoms with E-state index in [0.717, 1.165) is 41.2 Å². The average molecular weight is 378 g/mol. The standard InChI is InChI=1S/C22H22N2O2S/c1-2-26-17-12-9-16(10-13-17)11-14-21(25)24-15-5-7-19(24)22-23-18-6-3-4-8-20(18)27-22/h3-4,6,8-14,19H,2,5,7,15H2,1H3. The summed E-state index contributed by atoms with van der Waals surface area (Å²) in [6.07, 6.45) is 5.53. The summed E-state index contributed by atoms with van der Waals surface area (Å²) in [6, 6.07) is 16.0. The molecule has 1 amide bonds. The third kappa shape index (κ3) is 3.88. The van der Waals surface area contributed by atoms with Crippen molar-refractivity contribution in [1.29, 1.82) is 0 Å². The molecular weight excluding hydrogens is 356 g/mol. The van der Waals surface area contributed by atoms with Crippen LogP contribution in [0.4, 0.5) is 0 Å². The molecule has 0 aliphatic carbocycles. The van der Waals surface area contributed by atoms with Crippen molar-refractivity contribution >= 4 is 33.5 Å². The minimum Gasteiger partial charge on any atom is -0.494 e. The van der Waals surface area contributed by atoms with Gasteiger partial charge in [0.05, 0.1) is 22.9 Å². The van der Waals surface area contributed by atoms with E-state index in [1.54, 1.807) is 17.4 Å². The number of aromatic nitrogens is 1. The smallest absolute Gasteiger partial charge is 0.247 e. The van der Waals surface area contributed by atoms with Gasteiger partial charge in [-0.1, -0.05) is 24.3 Å². The first-order chi connectivity index (χ1) is 13.2. The third-order valence-corrected chi connectivity index (χ3v) is 5.88. The second-order valence-corrected chi connectivity index (χ2v) is 7.61. The van der Waals surface area contributed by atoms with Crippen molar-refractivity contribution in [1.82, 2.24) is 9.88 Å². The van der Waals surface area contributed by atoms with Crippen LogP contribution in [-0.4, -0.2) is 28.9 Å². The van der Waals surface area contributed by atoms with Crippen LogP contribution in [0.5, 0.6) is 5.75 Å². The van der Waals surface area contributed by atoms with Crippen LogP contribution in [0.25, 0.3) is 16.3 Å². The van der Waals surface area contributed by atoms with Gasteiger partial charge in [0.15, 0.2) is 0 Å². The molecule has 4 nitrogen and oxygen atoms in total. The fraction of sp³-hybridized carbons (Fsp3) is 0.273. The summed E-state index contributed by atoms with van der Waals surface area (Å²) in [4.78, 5) is 19.5. The van der Waals surface area contributed by atoms with Crippen LogP contribution < -0.4 is 4.74 Å². The molecule has 0 spiro atoms. The van der Waals surface area contributed by atoms with Gasteiger partial charge < -0.3 is 9.64 Å². The number of carbonyl (C=O) groups is 1. The van der Waals surface area contributed by atoms with Crippen LogP contribution in [-0.2, 0) is 4.79 Å². The minimum absolute atomic E-state index is 0.0469. The maximum atomic E-state index is 12.8. The van der Waals surface area contributed by atoms with Crippen LogP contribution in [0.2, 0.25) is 0 Å². The van der Waals surface area contributed by atoms with Gasteiger partial charge in [0.2, 0.25) is 5.91 Å². The lowest BCUT2D eigenvalue weighted by Crippen LogP contribution is -2.28. The topological polar surface area (TPSA) is 42.4 Å². The highest BCUT2D eigenvalue weighted by Crippen LogP contribution is 2.36. The number of rotatable bonds is 5. The second-order valence-electron chi connectivity index (χ2n) is 6.54. The zero-order valence-corrected chi connectivity index (χ0v) is 16.1. The average Bonchev–Trinajstić information content (AvgIpc) is 3.34. The molecule has 0 saturated carbocycles. The molecule has 2 heterocycles. The number of hydrogen-bond acceptors (Lipinski definition) is 4. The highest BCUT2D eigenvalue weighted by Gasteiger charge is 2.31. The zero-order valence-electron chi connectivity index (χ0n) is 15.3. The Morgan fingerprint density at radius 1 is 1.26 bits per heavy atom. The van der Waals surface area contributed by atoms with Crippen molar-refractivity contribution in [3.05, 3.63) is 65.2 Å². The number of thiazole rings is 1. The molecule has 0 N–H and O–H groups in total. The number of fused-ring (bicyclic) bond motifs is 1. The van der Waals surface area contributed by atoms with E-state index >= 15 is 0 Å². The van der Waals surface area contributed by atoms with E-state index in [9.17, 15) is 4.79 Å². The van der Waals surface area contributed by atoms with Crippen molar-refractivity contribution in [3.63, 3.8) is 0 Å². The molecule has 1 aliphatic rings.